The van der Waals surface area contributed by atoms with Gasteiger partial charge >= 0.3 is 63.6 Å². The minimum absolute atomic E-state index is 0. The maximum atomic E-state index is 8.39. The molecule has 1 nitrogen and oxygen atoms in total. The van der Waals surface area contributed by atoms with Crippen molar-refractivity contribution in [2.75, 3.05) is 0 Å². The number of hydrogen-bond acceptors (Lipinski definition) is 1. The van der Waals surface area contributed by atoms with Crippen LogP contribution in [-0.2, 0) is 18.3 Å². The van der Waals surface area contributed by atoms with E-state index in [9.17, 15) is 0 Å². The standard InChI is InChI=1S/C7H4N.HI.Zn/c8-6-7-4-2-1-3-5-7;;/h2-5H;1H;/q;;+1/p-1. The third-order valence-electron chi connectivity index (χ3n) is 1.08. The SMILES string of the molecule is N#Cc1cc[c]([Zn+])cc1.[I-]. The van der Waals surface area contributed by atoms with E-state index in [0.717, 1.165) is 23.9 Å². The van der Waals surface area contributed by atoms with E-state index in [1.165, 1.54) is 4.16 Å². The Bertz CT molecular complexity index is 237. The quantitative estimate of drug-likeness (QED) is 0.391. The van der Waals surface area contributed by atoms with Crippen LogP contribution in [0.5, 0.6) is 0 Å². The van der Waals surface area contributed by atoms with Gasteiger partial charge in [-0.05, 0) is 0 Å². The van der Waals surface area contributed by atoms with Gasteiger partial charge in [0.05, 0.1) is 0 Å². The van der Waals surface area contributed by atoms with Gasteiger partial charge in [0.2, 0.25) is 0 Å². The molecule has 0 radical (unpaired) electrons. The summed E-state index contributed by atoms with van der Waals surface area (Å²) in [5, 5.41) is 8.39. The molecular weight excluding hydrogens is 290 g/mol. The number of hydrogen-bond donors (Lipinski definition) is 0. The van der Waals surface area contributed by atoms with Gasteiger partial charge in [-0.1, -0.05) is 0 Å². The molecule has 0 amide bonds. The number of rotatable bonds is 0. The maximum absolute atomic E-state index is 8.39. The van der Waals surface area contributed by atoms with E-state index < -0.39 is 0 Å². The summed E-state index contributed by atoms with van der Waals surface area (Å²) >= 11 is 1.16. The molecule has 0 aliphatic heterocycles. The predicted octanol–water partition coefficient (Wildman–Crippen LogP) is -2.27. The zero-order chi connectivity index (χ0) is 6.69. The molecule has 0 spiro atoms. The van der Waals surface area contributed by atoms with Crippen molar-refractivity contribution in [3.8, 4) is 6.07 Å². The summed E-state index contributed by atoms with van der Waals surface area (Å²) in [4.78, 5) is 0. The van der Waals surface area contributed by atoms with Gasteiger partial charge in [-0.3, -0.25) is 0 Å². The molecule has 10 heavy (non-hydrogen) atoms. The second-order valence-corrected chi connectivity index (χ2v) is 3.52. The molecule has 1 aromatic carbocycles. The first-order valence-corrected chi connectivity index (χ1v) is 4.13. The second-order valence-electron chi connectivity index (χ2n) is 1.81. The Morgan fingerprint density at radius 1 is 1.20 bits per heavy atom. The van der Waals surface area contributed by atoms with Gasteiger partial charge in [-0.2, -0.15) is 0 Å². The molecule has 0 aliphatic rings. The molecule has 0 unspecified atom stereocenters. The van der Waals surface area contributed by atoms with E-state index in [-0.39, 0.29) is 24.0 Å². The molecule has 0 atom stereocenters. The summed E-state index contributed by atoms with van der Waals surface area (Å²) in [5.74, 6) is 0. The molecule has 46 valence electrons. The molecule has 0 fully saturated rings. The molecule has 0 aliphatic carbocycles. The van der Waals surface area contributed by atoms with Crippen LogP contribution in [0.4, 0.5) is 0 Å². The van der Waals surface area contributed by atoms with Gasteiger partial charge in [0, 0.05) is 0 Å². The van der Waals surface area contributed by atoms with Crippen LogP contribution >= 0.6 is 0 Å². The fraction of sp³-hybridized carbons (Fsp3) is 0. The topological polar surface area (TPSA) is 23.8 Å². The average Bonchev–Trinajstić information content (AvgIpc) is 1.90. The minimum Gasteiger partial charge on any atom is -1.00 e. The van der Waals surface area contributed by atoms with Gasteiger partial charge in [-0.25, -0.2) is 0 Å². The Hall–Kier alpha value is 0.0634. The van der Waals surface area contributed by atoms with Gasteiger partial charge in [0.25, 0.3) is 0 Å². The molecule has 0 aromatic heterocycles. The van der Waals surface area contributed by atoms with E-state index >= 15 is 0 Å². The van der Waals surface area contributed by atoms with Crippen LogP contribution in [0.2, 0.25) is 0 Å². The first-order valence-electron chi connectivity index (χ1n) is 2.65. The predicted molar refractivity (Wildman–Crippen MR) is 30.8 cm³/mol. The summed E-state index contributed by atoms with van der Waals surface area (Å²) in [5.41, 5.74) is 0.743. The smallest absolute Gasteiger partial charge is 1.00 e. The van der Waals surface area contributed by atoms with Crippen LogP contribution in [0.1, 0.15) is 5.56 Å². The van der Waals surface area contributed by atoms with E-state index in [1.807, 2.05) is 24.3 Å². The summed E-state index contributed by atoms with van der Waals surface area (Å²) in [6.07, 6.45) is 0. The normalized spacial score (nSPS) is 7.70. The van der Waals surface area contributed by atoms with Gasteiger partial charge in [0.1, 0.15) is 0 Å². The minimum atomic E-state index is 0. The average molecular weight is 294 g/mol. The van der Waals surface area contributed by atoms with Crippen LogP contribution in [0.15, 0.2) is 24.3 Å². The summed E-state index contributed by atoms with van der Waals surface area (Å²) in [6.45, 7) is 0. The zero-order valence-corrected chi connectivity index (χ0v) is 10.5. The number of halogens is 1. The molecule has 0 saturated carbocycles. The van der Waals surface area contributed by atoms with E-state index in [4.69, 9.17) is 5.26 Å². The Morgan fingerprint density at radius 2 is 1.70 bits per heavy atom. The van der Waals surface area contributed by atoms with Crippen LogP contribution in [0.3, 0.4) is 0 Å². The van der Waals surface area contributed by atoms with E-state index in [1.54, 1.807) is 0 Å². The van der Waals surface area contributed by atoms with Gasteiger partial charge in [-0.15, -0.1) is 0 Å². The summed E-state index contributed by atoms with van der Waals surface area (Å²) in [6, 6.07) is 9.73. The van der Waals surface area contributed by atoms with Crippen molar-refractivity contribution in [1.29, 1.82) is 5.26 Å². The number of benzene rings is 1. The van der Waals surface area contributed by atoms with Crippen molar-refractivity contribution in [2.45, 2.75) is 0 Å². The fourth-order valence-electron chi connectivity index (χ4n) is 0.579. The largest absolute Gasteiger partial charge is 1.00 e. The second kappa shape index (κ2) is 4.81. The third kappa shape index (κ3) is 2.76. The van der Waals surface area contributed by atoms with E-state index in [2.05, 4.69) is 6.07 Å². The van der Waals surface area contributed by atoms with Crippen molar-refractivity contribution >= 4 is 4.16 Å². The molecule has 0 heterocycles. The summed E-state index contributed by atoms with van der Waals surface area (Å²) < 4.78 is 1.31. The molecule has 3 heteroatoms. The van der Waals surface area contributed by atoms with Crippen LogP contribution in [0.25, 0.3) is 0 Å². The first kappa shape index (κ1) is 10.1. The van der Waals surface area contributed by atoms with E-state index in [0.29, 0.717) is 0 Å². The number of nitriles is 1. The Balaban J connectivity index is 0.000000810. The maximum Gasteiger partial charge on any atom is -1.00 e. The molecule has 0 saturated heterocycles. The number of nitrogens with zero attached hydrogens (tertiary/aromatic N) is 1. The van der Waals surface area contributed by atoms with Crippen molar-refractivity contribution < 1.29 is 42.3 Å². The van der Waals surface area contributed by atoms with Crippen LogP contribution < -0.4 is 28.1 Å². The molecular formula is C7H4INZn. The fourth-order valence-corrected chi connectivity index (χ4v) is 1.07. The Kier molecular flexibility index (Phi) is 4.84. The zero-order valence-electron chi connectivity index (χ0n) is 5.34. The molecule has 1 rings (SSSR count). The Labute approximate surface area is 87.1 Å². The third-order valence-corrected chi connectivity index (χ3v) is 2.07. The van der Waals surface area contributed by atoms with Crippen molar-refractivity contribution in [2.24, 2.45) is 0 Å². The van der Waals surface area contributed by atoms with Gasteiger partial charge in [0.15, 0.2) is 0 Å². The van der Waals surface area contributed by atoms with Crippen LogP contribution in [-0.4, -0.2) is 0 Å². The van der Waals surface area contributed by atoms with Crippen molar-refractivity contribution in [3.63, 3.8) is 0 Å². The molecule has 0 bridgehead atoms. The molecule has 0 N–H and O–H groups in total. The van der Waals surface area contributed by atoms with Crippen LogP contribution in [0, 0.1) is 11.3 Å². The van der Waals surface area contributed by atoms with Gasteiger partial charge < -0.3 is 24.0 Å². The summed E-state index contributed by atoms with van der Waals surface area (Å²) in [7, 11) is 0. The Morgan fingerprint density at radius 3 is 2.10 bits per heavy atom. The molecule has 1 aromatic rings. The monoisotopic (exact) mass is 293 g/mol. The van der Waals surface area contributed by atoms with Crippen molar-refractivity contribution in [1.82, 2.24) is 0 Å². The first-order chi connectivity index (χ1) is 4.33. The van der Waals surface area contributed by atoms with Crippen molar-refractivity contribution in [3.05, 3.63) is 29.8 Å².